The highest BCUT2D eigenvalue weighted by molar-refractivity contribution is 5.31. The van der Waals surface area contributed by atoms with Crippen LogP contribution in [0.1, 0.15) is 23.6 Å². The number of hydrogen-bond donors (Lipinski definition) is 1. The first-order chi connectivity index (χ1) is 7.00. The summed E-state index contributed by atoms with van der Waals surface area (Å²) in [6.07, 6.45) is -3.94. The van der Waals surface area contributed by atoms with Gasteiger partial charge >= 0.3 is 6.18 Å². The van der Waals surface area contributed by atoms with Crippen LogP contribution in [0, 0.1) is 5.82 Å². The van der Waals surface area contributed by atoms with Crippen LogP contribution in [-0.2, 0) is 6.18 Å². The third kappa shape index (κ3) is 1.84. The minimum absolute atomic E-state index is 0.107. The van der Waals surface area contributed by atoms with Gasteiger partial charge in [-0.05, 0) is 19.0 Å². The van der Waals surface area contributed by atoms with E-state index in [9.17, 15) is 17.6 Å². The lowest BCUT2D eigenvalue weighted by Crippen LogP contribution is -2.35. The van der Waals surface area contributed by atoms with Crippen molar-refractivity contribution in [2.75, 3.05) is 6.54 Å². The monoisotopic (exact) mass is 219 g/mol. The zero-order chi connectivity index (χ0) is 11.1. The lowest BCUT2D eigenvalue weighted by Gasteiger charge is -2.28. The Bertz CT molecular complexity index is 368. The molecule has 0 aliphatic carbocycles. The molecule has 0 spiro atoms. The Morgan fingerprint density at radius 3 is 2.40 bits per heavy atom. The molecule has 1 unspecified atom stereocenters. The summed E-state index contributed by atoms with van der Waals surface area (Å²) in [5, 5.41) is 2.87. The lowest BCUT2D eigenvalue weighted by molar-refractivity contribution is -0.140. The average Bonchev–Trinajstić information content (AvgIpc) is 2.03. The first-order valence-electron chi connectivity index (χ1n) is 4.59. The Balaban J connectivity index is 2.41. The highest BCUT2D eigenvalue weighted by atomic mass is 19.4. The molecule has 1 heterocycles. The molecule has 1 atom stereocenters. The largest absolute Gasteiger partial charge is 0.419 e. The van der Waals surface area contributed by atoms with Gasteiger partial charge in [-0.3, -0.25) is 0 Å². The molecule has 1 fully saturated rings. The molecular formula is C10H9F4N. The van der Waals surface area contributed by atoms with Crippen molar-refractivity contribution in [1.29, 1.82) is 0 Å². The predicted octanol–water partition coefficient (Wildman–Crippen LogP) is 2.88. The molecule has 1 nitrogen and oxygen atoms in total. The van der Waals surface area contributed by atoms with Crippen molar-refractivity contribution >= 4 is 0 Å². The molecule has 0 saturated carbocycles. The van der Waals surface area contributed by atoms with Crippen LogP contribution < -0.4 is 5.32 Å². The van der Waals surface area contributed by atoms with Gasteiger partial charge in [0.15, 0.2) is 0 Å². The second kappa shape index (κ2) is 3.48. The predicted molar refractivity (Wildman–Crippen MR) is 46.8 cm³/mol. The quantitative estimate of drug-likeness (QED) is 0.716. The third-order valence-electron chi connectivity index (χ3n) is 2.53. The first-order valence-corrected chi connectivity index (χ1v) is 4.59. The highest BCUT2D eigenvalue weighted by Gasteiger charge is 2.36. The summed E-state index contributed by atoms with van der Waals surface area (Å²) in [6, 6.07) is 3.12. The fourth-order valence-electron chi connectivity index (χ4n) is 1.59. The van der Waals surface area contributed by atoms with Crippen molar-refractivity contribution < 1.29 is 17.6 Å². The fourth-order valence-corrected chi connectivity index (χ4v) is 1.59. The fraction of sp³-hybridized carbons (Fsp3) is 0.400. The van der Waals surface area contributed by atoms with Gasteiger partial charge in [-0.15, -0.1) is 0 Å². The van der Waals surface area contributed by atoms with E-state index in [-0.39, 0.29) is 11.6 Å². The SMILES string of the molecule is Fc1c(C2CCN2)cccc1C(F)(F)F. The van der Waals surface area contributed by atoms with Crippen LogP contribution in [0.25, 0.3) is 0 Å². The third-order valence-corrected chi connectivity index (χ3v) is 2.53. The Labute approximate surface area is 84.1 Å². The van der Waals surface area contributed by atoms with Crippen LogP contribution in [-0.4, -0.2) is 6.54 Å². The molecule has 1 aromatic carbocycles. The van der Waals surface area contributed by atoms with E-state index >= 15 is 0 Å². The van der Waals surface area contributed by atoms with Gasteiger partial charge in [-0.1, -0.05) is 12.1 Å². The number of alkyl halides is 3. The van der Waals surface area contributed by atoms with Gasteiger partial charge in [0.25, 0.3) is 0 Å². The van der Waals surface area contributed by atoms with Gasteiger partial charge in [0.2, 0.25) is 0 Å². The van der Waals surface area contributed by atoms with E-state index in [2.05, 4.69) is 5.32 Å². The van der Waals surface area contributed by atoms with Gasteiger partial charge in [0.1, 0.15) is 5.82 Å². The molecule has 0 aromatic heterocycles. The molecule has 82 valence electrons. The minimum Gasteiger partial charge on any atom is -0.310 e. The molecule has 5 heteroatoms. The summed E-state index contributed by atoms with van der Waals surface area (Å²) in [5.41, 5.74) is -1.08. The molecule has 0 radical (unpaired) electrons. The van der Waals surface area contributed by atoms with Crippen molar-refractivity contribution in [3.8, 4) is 0 Å². The standard InChI is InChI=1S/C10H9F4N/c11-9-6(8-4-5-15-8)2-1-3-7(9)10(12,13)14/h1-3,8,15H,4-5H2. The van der Waals surface area contributed by atoms with Gasteiger partial charge in [-0.2, -0.15) is 13.2 Å². The molecule has 0 bridgehead atoms. The smallest absolute Gasteiger partial charge is 0.310 e. The van der Waals surface area contributed by atoms with E-state index in [1.165, 1.54) is 12.1 Å². The maximum Gasteiger partial charge on any atom is 0.419 e. The molecule has 1 aromatic rings. The van der Waals surface area contributed by atoms with Crippen LogP contribution in [0.2, 0.25) is 0 Å². The van der Waals surface area contributed by atoms with E-state index in [4.69, 9.17) is 0 Å². The van der Waals surface area contributed by atoms with E-state index in [1.54, 1.807) is 0 Å². The molecule has 1 N–H and O–H groups in total. The van der Waals surface area contributed by atoms with Crippen LogP contribution in [0.4, 0.5) is 17.6 Å². The lowest BCUT2D eigenvalue weighted by atomic mass is 9.95. The average molecular weight is 219 g/mol. The Kier molecular flexibility index (Phi) is 2.42. The molecule has 2 rings (SSSR count). The van der Waals surface area contributed by atoms with Gasteiger partial charge in [-0.25, -0.2) is 4.39 Å². The number of benzene rings is 1. The van der Waals surface area contributed by atoms with Crippen LogP contribution in [0.3, 0.4) is 0 Å². The molecule has 1 aliphatic rings. The molecule has 0 amide bonds. The molecular weight excluding hydrogens is 210 g/mol. The van der Waals surface area contributed by atoms with Gasteiger partial charge in [0, 0.05) is 11.6 Å². The van der Waals surface area contributed by atoms with Crippen molar-refractivity contribution in [2.24, 2.45) is 0 Å². The van der Waals surface area contributed by atoms with Gasteiger partial charge in [0.05, 0.1) is 5.56 Å². The minimum atomic E-state index is -4.62. The maximum absolute atomic E-state index is 13.5. The van der Waals surface area contributed by atoms with E-state index in [0.29, 0.717) is 6.42 Å². The Hall–Kier alpha value is -1.10. The van der Waals surface area contributed by atoms with E-state index < -0.39 is 17.6 Å². The normalized spacial score (nSPS) is 21.2. The topological polar surface area (TPSA) is 12.0 Å². The highest BCUT2D eigenvalue weighted by Crippen LogP contribution is 2.35. The summed E-state index contributed by atoms with van der Waals surface area (Å²) in [6.45, 7) is 0.723. The summed E-state index contributed by atoms with van der Waals surface area (Å²) >= 11 is 0. The number of rotatable bonds is 1. The molecule has 1 saturated heterocycles. The first kappa shape index (κ1) is 10.4. The van der Waals surface area contributed by atoms with E-state index in [0.717, 1.165) is 12.6 Å². The number of hydrogen-bond acceptors (Lipinski definition) is 1. The maximum atomic E-state index is 13.5. The Morgan fingerprint density at radius 2 is 1.93 bits per heavy atom. The summed E-state index contributed by atoms with van der Waals surface area (Å²) < 4.78 is 50.5. The second-order valence-corrected chi connectivity index (χ2v) is 3.50. The summed E-state index contributed by atoms with van der Waals surface area (Å²) in [7, 11) is 0. The summed E-state index contributed by atoms with van der Waals surface area (Å²) in [4.78, 5) is 0. The second-order valence-electron chi connectivity index (χ2n) is 3.50. The van der Waals surface area contributed by atoms with Crippen LogP contribution >= 0.6 is 0 Å². The van der Waals surface area contributed by atoms with E-state index in [1.807, 2.05) is 0 Å². The van der Waals surface area contributed by atoms with Crippen LogP contribution in [0.15, 0.2) is 18.2 Å². The van der Waals surface area contributed by atoms with Gasteiger partial charge < -0.3 is 5.32 Å². The molecule has 15 heavy (non-hydrogen) atoms. The van der Waals surface area contributed by atoms with Crippen molar-refractivity contribution in [3.05, 3.63) is 35.1 Å². The molecule has 1 aliphatic heterocycles. The van der Waals surface area contributed by atoms with Crippen LogP contribution in [0.5, 0.6) is 0 Å². The zero-order valence-corrected chi connectivity index (χ0v) is 7.74. The van der Waals surface area contributed by atoms with Crippen molar-refractivity contribution in [2.45, 2.75) is 18.6 Å². The summed E-state index contributed by atoms with van der Waals surface area (Å²) in [5.74, 6) is -1.15. The zero-order valence-electron chi connectivity index (χ0n) is 7.74. The number of halogens is 4. The number of nitrogens with one attached hydrogen (secondary N) is 1. The van der Waals surface area contributed by atoms with Crippen molar-refractivity contribution in [3.63, 3.8) is 0 Å². The Morgan fingerprint density at radius 1 is 1.27 bits per heavy atom. The van der Waals surface area contributed by atoms with Crippen molar-refractivity contribution in [1.82, 2.24) is 5.32 Å².